The van der Waals surface area contributed by atoms with Gasteiger partial charge in [0.15, 0.2) is 0 Å². The third-order valence-electron chi connectivity index (χ3n) is 1.90. The van der Waals surface area contributed by atoms with E-state index in [9.17, 15) is 13.2 Å². The predicted octanol–water partition coefficient (Wildman–Crippen LogP) is 1.50. The number of sulfonamides is 1. The van der Waals surface area contributed by atoms with Crippen molar-refractivity contribution in [3.05, 3.63) is 28.2 Å². The molecule has 0 saturated heterocycles. The molecule has 0 aliphatic carbocycles. The zero-order valence-corrected chi connectivity index (χ0v) is 11.6. The van der Waals surface area contributed by atoms with E-state index in [1.165, 1.54) is 12.1 Å². The Morgan fingerprint density at radius 3 is 2.59 bits per heavy atom. The number of nitrogens with two attached hydrogens (primary N) is 1. The molecule has 1 rings (SSSR count). The summed E-state index contributed by atoms with van der Waals surface area (Å²) in [5, 5.41) is 0. The number of anilines is 1. The highest BCUT2D eigenvalue weighted by Crippen LogP contribution is 2.17. The minimum absolute atomic E-state index is 0.0811. The van der Waals surface area contributed by atoms with E-state index in [0.717, 1.165) is 0 Å². The Labute approximate surface area is 109 Å². The summed E-state index contributed by atoms with van der Waals surface area (Å²) in [4.78, 5) is 11.7. The molecule has 0 heterocycles. The van der Waals surface area contributed by atoms with Gasteiger partial charge in [0.1, 0.15) is 0 Å². The molecule has 5 nitrogen and oxygen atoms in total. The van der Waals surface area contributed by atoms with Crippen LogP contribution in [0.1, 0.15) is 23.7 Å². The van der Waals surface area contributed by atoms with Crippen molar-refractivity contribution in [2.24, 2.45) is 0 Å². The van der Waals surface area contributed by atoms with Gasteiger partial charge in [-0.2, -0.15) is 0 Å². The zero-order valence-electron chi connectivity index (χ0n) is 9.23. The number of carbonyl (C=O) groups excluding carboxylic acids is 1. The molecule has 0 radical (unpaired) electrons. The highest BCUT2D eigenvalue weighted by molar-refractivity contribution is 9.10. The summed E-state index contributed by atoms with van der Waals surface area (Å²) in [5.74, 6) is -0.756. The maximum Gasteiger partial charge on any atom is 0.264 e. The van der Waals surface area contributed by atoms with E-state index in [1.54, 1.807) is 13.0 Å². The van der Waals surface area contributed by atoms with Crippen LogP contribution in [0.4, 0.5) is 5.69 Å². The maximum atomic E-state index is 11.7. The number of hydrogen-bond donors (Lipinski definition) is 2. The number of rotatable bonds is 4. The van der Waals surface area contributed by atoms with Crippen LogP contribution in [0.25, 0.3) is 0 Å². The lowest BCUT2D eigenvalue weighted by Crippen LogP contribution is -2.32. The van der Waals surface area contributed by atoms with Crippen LogP contribution >= 0.6 is 15.9 Å². The number of carbonyl (C=O) groups is 1. The Balaban J connectivity index is 2.91. The van der Waals surface area contributed by atoms with Gasteiger partial charge in [0, 0.05) is 15.7 Å². The van der Waals surface area contributed by atoms with Crippen LogP contribution < -0.4 is 10.5 Å². The molecule has 1 aromatic rings. The molecule has 0 fully saturated rings. The van der Waals surface area contributed by atoms with Crippen LogP contribution in [-0.2, 0) is 10.0 Å². The Kier molecular flexibility index (Phi) is 4.53. The zero-order chi connectivity index (χ0) is 13.1. The fraction of sp³-hybridized carbons (Fsp3) is 0.300. The van der Waals surface area contributed by atoms with E-state index >= 15 is 0 Å². The molecule has 94 valence electrons. The van der Waals surface area contributed by atoms with Gasteiger partial charge in [-0.05, 0) is 24.6 Å². The van der Waals surface area contributed by atoms with Gasteiger partial charge < -0.3 is 5.73 Å². The normalized spacial score (nSPS) is 11.2. The standard InChI is InChI=1S/C10H13BrN2O3S/c1-2-3-17(15,16)13-10(14)7-4-8(11)6-9(12)5-7/h4-6H,2-3,12H2,1H3,(H,13,14). The van der Waals surface area contributed by atoms with Gasteiger partial charge in [-0.25, -0.2) is 13.1 Å². The van der Waals surface area contributed by atoms with Gasteiger partial charge in [0.05, 0.1) is 5.75 Å². The van der Waals surface area contributed by atoms with E-state index in [1.807, 2.05) is 4.72 Å². The third-order valence-corrected chi connectivity index (χ3v) is 3.80. The second-order valence-electron chi connectivity index (χ2n) is 3.52. The molecule has 7 heteroatoms. The number of halogens is 1. The molecule has 0 saturated carbocycles. The first-order valence-corrected chi connectivity index (χ1v) is 7.39. The number of amides is 1. The quantitative estimate of drug-likeness (QED) is 0.823. The number of benzene rings is 1. The molecule has 1 amide bonds. The van der Waals surface area contributed by atoms with E-state index in [4.69, 9.17) is 5.73 Å². The van der Waals surface area contributed by atoms with Crippen LogP contribution in [0.3, 0.4) is 0 Å². The first kappa shape index (κ1) is 14.0. The van der Waals surface area contributed by atoms with Crippen molar-refractivity contribution >= 4 is 37.5 Å². The lowest BCUT2D eigenvalue weighted by Gasteiger charge is -2.06. The summed E-state index contributed by atoms with van der Waals surface area (Å²) in [5.41, 5.74) is 6.15. The molecule has 0 aromatic heterocycles. The first-order chi connectivity index (χ1) is 7.84. The maximum absolute atomic E-state index is 11.7. The molecule has 0 spiro atoms. The monoisotopic (exact) mass is 320 g/mol. The fourth-order valence-electron chi connectivity index (χ4n) is 1.26. The second kappa shape index (κ2) is 5.50. The van der Waals surface area contributed by atoms with Crippen LogP contribution in [0.5, 0.6) is 0 Å². The van der Waals surface area contributed by atoms with Crippen molar-refractivity contribution in [2.75, 3.05) is 11.5 Å². The van der Waals surface area contributed by atoms with Gasteiger partial charge in [-0.15, -0.1) is 0 Å². The van der Waals surface area contributed by atoms with Crippen molar-refractivity contribution in [1.29, 1.82) is 0 Å². The Morgan fingerprint density at radius 2 is 2.06 bits per heavy atom. The largest absolute Gasteiger partial charge is 0.399 e. The van der Waals surface area contributed by atoms with Crippen molar-refractivity contribution in [3.8, 4) is 0 Å². The molecule has 17 heavy (non-hydrogen) atoms. The predicted molar refractivity (Wildman–Crippen MR) is 70.1 cm³/mol. The second-order valence-corrected chi connectivity index (χ2v) is 6.28. The number of hydrogen-bond acceptors (Lipinski definition) is 4. The highest BCUT2D eigenvalue weighted by Gasteiger charge is 2.15. The summed E-state index contributed by atoms with van der Waals surface area (Å²) in [6.07, 6.45) is 0.448. The Hall–Kier alpha value is -1.08. The molecule has 0 aliphatic rings. The van der Waals surface area contributed by atoms with Crippen molar-refractivity contribution in [3.63, 3.8) is 0 Å². The van der Waals surface area contributed by atoms with E-state index < -0.39 is 15.9 Å². The van der Waals surface area contributed by atoms with Crippen LogP contribution in [0.15, 0.2) is 22.7 Å². The summed E-state index contributed by atoms with van der Waals surface area (Å²) in [6.45, 7) is 1.72. The number of nitrogens with one attached hydrogen (secondary N) is 1. The van der Waals surface area contributed by atoms with E-state index in [-0.39, 0.29) is 11.3 Å². The average molecular weight is 321 g/mol. The van der Waals surface area contributed by atoms with Crippen LogP contribution in [-0.4, -0.2) is 20.1 Å². The van der Waals surface area contributed by atoms with Crippen LogP contribution in [0.2, 0.25) is 0 Å². The molecule has 1 aromatic carbocycles. The Bertz CT molecular complexity index is 508. The molecule has 0 aliphatic heterocycles. The molecular formula is C10H13BrN2O3S. The minimum Gasteiger partial charge on any atom is -0.399 e. The average Bonchev–Trinajstić information content (AvgIpc) is 2.14. The minimum atomic E-state index is -3.56. The molecule has 0 bridgehead atoms. The molecular weight excluding hydrogens is 308 g/mol. The number of nitrogen functional groups attached to an aromatic ring is 1. The third kappa shape index (κ3) is 4.35. The van der Waals surface area contributed by atoms with Crippen molar-refractivity contribution < 1.29 is 13.2 Å². The molecule has 0 atom stereocenters. The summed E-state index contributed by atoms with van der Waals surface area (Å²) >= 11 is 3.18. The van der Waals surface area contributed by atoms with Gasteiger partial charge in [-0.3, -0.25) is 4.79 Å². The lowest BCUT2D eigenvalue weighted by molar-refractivity contribution is 0.0981. The summed E-state index contributed by atoms with van der Waals surface area (Å²) in [6, 6.07) is 4.55. The van der Waals surface area contributed by atoms with Gasteiger partial charge in [0.25, 0.3) is 5.91 Å². The van der Waals surface area contributed by atoms with Gasteiger partial charge >= 0.3 is 0 Å². The molecule has 0 unspecified atom stereocenters. The smallest absolute Gasteiger partial charge is 0.264 e. The molecule has 3 N–H and O–H groups in total. The van der Waals surface area contributed by atoms with E-state index in [0.29, 0.717) is 16.6 Å². The van der Waals surface area contributed by atoms with Crippen molar-refractivity contribution in [2.45, 2.75) is 13.3 Å². The van der Waals surface area contributed by atoms with Gasteiger partial charge in [-0.1, -0.05) is 22.9 Å². The topological polar surface area (TPSA) is 89.3 Å². The first-order valence-electron chi connectivity index (χ1n) is 4.95. The SMILES string of the molecule is CCCS(=O)(=O)NC(=O)c1cc(N)cc(Br)c1. The lowest BCUT2D eigenvalue weighted by atomic mass is 10.2. The van der Waals surface area contributed by atoms with E-state index in [2.05, 4.69) is 15.9 Å². The van der Waals surface area contributed by atoms with Gasteiger partial charge in [0.2, 0.25) is 10.0 Å². The summed E-state index contributed by atoms with van der Waals surface area (Å²) < 4.78 is 25.4. The van der Waals surface area contributed by atoms with Crippen LogP contribution in [0, 0.1) is 0 Å². The highest BCUT2D eigenvalue weighted by atomic mass is 79.9. The fourth-order valence-corrected chi connectivity index (χ4v) is 2.81. The summed E-state index contributed by atoms with van der Waals surface area (Å²) in [7, 11) is -3.56. The Morgan fingerprint density at radius 1 is 1.41 bits per heavy atom. The van der Waals surface area contributed by atoms with Crippen molar-refractivity contribution in [1.82, 2.24) is 4.72 Å².